The summed E-state index contributed by atoms with van der Waals surface area (Å²) in [5, 5.41) is 8.79. The van der Waals surface area contributed by atoms with E-state index >= 15 is 0 Å². The van der Waals surface area contributed by atoms with E-state index in [1.54, 1.807) is 0 Å². The molecule has 0 radical (unpaired) electrons. The maximum atomic E-state index is 14.0. The van der Waals surface area contributed by atoms with Crippen LogP contribution < -0.4 is 4.74 Å². The lowest BCUT2D eigenvalue weighted by Gasteiger charge is -2.28. The van der Waals surface area contributed by atoms with Crippen LogP contribution in [0.2, 0.25) is 0 Å². The molecular formula is C21H24F4O3. The first-order valence-corrected chi connectivity index (χ1v) is 9.49. The summed E-state index contributed by atoms with van der Waals surface area (Å²) in [6.45, 7) is 0.704. The fourth-order valence-corrected chi connectivity index (χ4v) is 3.91. The van der Waals surface area contributed by atoms with Crippen LogP contribution >= 0.6 is 0 Å². The van der Waals surface area contributed by atoms with Crippen molar-refractivity contribution in [3.63, 3.8) is 0 Å². The molecule has 3 nitrogen and oxygen atoms in total. The second-order valence-corrected chi connectivity index (χ2v) is 7.86. The van der Waals surface area contributed by atoms with Gasteiger partial charge in [0, 0.05) is 31.7 Å². The molecule has 1 aromatic carbocycles. The van der Waals surface area contributed by atoms with E-state index in [0.717, 1.165) is 31.8 Å². The van der Waals surface area contributed by atoms with Crippen LogP contribution in [0.1, 0.15) is 56.6 Å². The van der Waals surface area contributed by atoms with E-state index in [-0.39, 0.29) is 55.1 Å². The van der Waals surface area contributed by atoms with Crippen molar-refractivity contribution in [1.82, 2.24) is 0 Å². The summed E-state index contributed by atoms with van der Waals surface area (Å²) in [6.07, 6.45) is 2.03. The van der Waals surface area contributed by atoms with Crippen molar-refractivity contribution in [3.8, 4) is 5.75 Å². The molecule has 1 fully saturated rings. The summed E-state index contributed by atoms with van der Waals surface area (Å²) in [5.41, 5.74) is 1.30. The van der Waals surface area contributed by atoms with Gasteiger partial charge < -0.3 is 9.84 Å². The second kappa shape index (κ2) is 7.76. The van der Waals surface area contributed by atoms with Crippen molar-refractivity contribution in [1.29, 1.82) is 0 Å². The van der Waals surface area contributed by atoms with Crippen molar-refractivity contribution < 1.29 is 32.2 Å². The van der Waals surface area contributed by atoms with Crippen LogP contribution in [0, 0.1) is 5.92 Å². The Morgan fingerprint density at radius 3 is 2.57 bits per heavy atom. The number of carboxylic acids is 1. The lowest BCUT2D eigenvalue weighted by molar-refractivity contribution is -0.137. The Morgan fingerprint density at radius 2 is 2.00 bits per heavy atom. The SMILES string of the molecule is CC(F)(F)c1cc(OCC2=C(C3CCC3)CC(F)(F)C2)ccc1CCC(=O)O. The molecule has 0 spiro atoms. The van der Waals surface area contributed by atoms with Gasteiger partial charge in [-0.25, -0.2) is 17.6 Å². The van der Waals surface area contributed by atoms with Gasteiger partial charge in [0.2, 0.25) is 0 Å². The topological polar surface area (TPSA) is 46.5 Å². The summed E-state index contributed by atoms with van der Waals surface area (Å²) < 4.78 is 61.3. The number of halogens is 4. The molecule has 154 valence electrons. The predicted molar refractivity (Wildman–Crippen MR) is 96.0 cm³/mol. The highest BCUT2D eigenvalue weighted by Crippen LogP contribution is 2.47. The smallest absolute Gasteiger partial charge is 0.303 e. The van der Waals surface area contributed by atoms with Crippen molar-refractivity contribution in [2.75, 3.05) is 6.61 Å². The molecule has 3 rings (SSSR count). The molecule has 0 aromatic heterocycles. The van der Waals surface area contributed by atoms with E-state index in [0.29, 0.717) is 5.57 Å². The van der Waals surface area contributed by atoms with Crippen LogP contribution in [0.5, 0.6) is 5.75 Å². The van der Waals surface area contributed by atoms with Crippen molar-refractivity contribution >= 4 is 5.97 Å². The number of carbonyl (C=O) groups is 1. The zero-order valence-corrected chi connectivity index (χ0v) is 15.7. The van der Waals surface area contributed by atoms with E-state index in [9.17, 15) is 22.4 Å². The molecular weight excluding hydrogens is 376 g/mol. The first-order chi connectivity index (χ1) is 13.0. The minimum Gasteiger partial charge on any atom is -0.489 e. The van der Waals surface area contributed by atoms with E-state index in [2.05, 4.69) is 0 Å². The molecule has 1 saturated carbocycles. The van der Waals surface area contributed by atoms with Crippen LogP contribution in [-0.4, -0.2) is 23.6 Å². The van der Waals surface area contributed by atoms with Crippen molar-refractivity contribution in [3.05, 3.63) is 40.5 Å². The average Bonchev–Trinajstić information content (AvgIpc) is 2.83. The molecule has 0 unspecified atom stereocenters. The largest absolute Gasteiger partial charge is 0.489 e. The van der Waals surface area contributed by atoms with Gasteiger partial charge in [-0.2, -0.15) is 0 Å². The molecule has 0 aliphatic heterocycles. The number of aliphatic carboxylic acids is 1. The predicted octanol–water partition coefficient (Wildman–Crippen LogP) is 5.72. The van der Waals surface area contributed by atoms with Gasteiger partial charge in [0.1, 0.15) is 12.4 Å². The Morgan fingerprint density at radius 1 is 1.29 bits per heavy atom. The standard InChI is InChI=1S/C21H24F4O3/c1-20(22,23)18-9-16(7-5-14(18)6-8-19(26)27)28-12-15-10-21(24,25)11-17(15)13-3-2-4-13/h5,7,9,13H,2-4,6,8,10-12H2,1H3,(H,26,27). The molecule has 0 heterocycles. The maximum absolute atomic E-state index is 14.0. The minimum absolute atomic E-state index is 0.0163. The van der Waals surface area contributed by atoms with Crippen LogP contribution in [0.3, 0.4) is 0 Å². The third-order valence-electron chi connectivity index (χ3n) is 5.55. The van der Waals surface area contributed by atoms with Crippen molar-refractivity contribution in [2.45, 2.75) is 63.7 Å². The Kier molecular flexibility index (Phi) is 5.73. The average molecular weight is 400 g/mol. The number of hydrogen-bond donors (Lipinski definition) is 1. The van der Waals surface area contributed by atoms with Gasteiger partial charge in [-0.1, -0.05) is 18.1 Å². The number of aryl methyl sites for hydroxylation is 1. The third-order valence-corrected chi connectivity index (χ3v) is 5.55. The molecule has 1 aromatic rings. The molecule has 0 saturated heterocycles. The number of carboxylic acid groups (broad SMARTS) is 1. The van der Waals surface area contributed by atoms with Gasteiger partial charge in [0.15, 0.2) is 0 Å². The monoisotopic (exact) mass is 400 g/mol. The minimum atomic E-state index is -3.16. The number of ether oxygens (including phenoxy) is 1. The molecule has 0 amide bonds. The maximum Gasteiger partial charge on any atom is 0.303 e. The molecule has 28 heavy (non-hydrogen) atoms. The Hall–Kier alpha value is -2.05. The molecule has 0 atom stereocenters. The Labute approximate surface area is 161 Å². The summed E-state index contributed by atoms with van der Waals surface area (Å²) in [6, 6.07) is 4.10. The molecule has 2 aliphatic carbocycles. The lowest BCUT2D eigenvalue weighted by Crippen LogP contribution is -2.17. The zero-order valence-electron chi connectivity index (χ0n) is 15.7. The summed E-state index contributed by atoms with van der Waals surface area (Å²) in [7, 11) is 0. The van der Waals surface area contributed by atoms with Crippen LogP contribution in [0.15, 0.2) is 29.3 Å². The third kappa shape index (κ3) is 4.86. The van der Waals surface area contributed by atoms with Gasteiger partial charge in [-0.05, 0) is 48.4 Å². The van der Waals surface area contributed by atoms with E-state index in [1.165, 1.54) is 18.2 Å². The molecule has 7 heteroatoms. The van der Waals surface area contributed by atoms with E-state index in [4.69, 9.17) is 9.84 Å². The second-order valence-electron chi connectivity index (χ2n) is 7.86. The van der Waals surface area contributed by atoms with Gasteiger partial charge in [0.25, 0.3) is 11.8 Å². The van der Waals surface area contributed by atoms with Gasteiger partial charge in [0.05, 0.1) is 0 Å². The Bertz CT molecular complexity index is 776. The van der Waals surface area contributed by atoms with E-state index in [1.807, 2.05) is 0 Å². The normalized spacial score (nSPS) is 19.6. The zero-order chi connectivity index (χ0) is 20.5. The van der Waals surface area contributed by atoms with Crippen LogP contribution in [0.25, 0.3) is 0 Å². The van der Waals surface area contributed by atoms with E-state index < -0.39 is 17.8 Å². The summed E-state index contributed by atoms with van der Waals surface area (Å²) in [5.74, 6) is -6.62. The van der Waals surface area contributed by atoms with Crippen LogP contribution in [-0.2, 0) is 17.1 Å². The fraction of sp³-hybridized carbons (Fsp3) is 0.571. The van der Waals surface area contributed by atoms with Gasteiger partial charge in [-0.3, -0.25) is 4.79 Å². The Balaban J connectivity index is 1.75. The van der Waals surface area contributed by atoms with Gasteiger partial charge >= 0.3 is 5.97 Å². The lowest BCUT2D eigenvalue weighted by atomic mass is 9.78. The van der Waals surface area contributed by atoms with Crippen LogP contribution in [0.4, 0.5) is 17.6 Å². The number of rotatable bonds is 8. The summed E-state index contributed by atoms with van der Waals surface area (Å²) >= 11 is 0. The highest BCUT2D eigenvalue weighted by molar-refractivity contribution is 5.67. The highest BCUT2D eigenvalue weighted by Gasteiger charge is 2.42. The first kappa shape index (κ1) is 20.7. The summed E-state index contributed by atoms with van der Waals surface area (Å²) in [4.78, 5) is 10.7. The molecule has 2 aliphatic rings. The number of hydrogen-bond acceptors (Lipinski definition) is 2. The number of alkyl halides is 4. The van der Waals surface area contributed by atoms with Crippen molar-refractivity contribution in [2.24, 2.45) is 5.92 Å². The van der Waals surface area contributed by atoms with Gasteiger partial charge in [-0.15, -0.1) is 0 Å². The molecule has 1 N–H and O–H groups in total. The fourth-order valence-electron chi connectivity index (χ4n) is 3.91. The molecule has 0 bridgehead atoms. The first-order valence-electron chi connectivity index (χ1n) is 9.49. The quantitative estimate of drug-likeness (QED) is 0.448. The number of allylic oxidation sites excluding steroid dienone is 1. The highest BCUT2D eigenvalue weighted by atomic mass is 19.3. The number of benzene rings is 1.